The van der Waals surface area contributed by atoms with Crippen molar-refractivity contribution in [3.05, 3.63) is 56.5 Å². The average Bonchev–Trinajstić information content (AvgIpc) is 2.94. The first kappa shape index (κ1) is 18.3. The lowest BCUT2D eigenvalue weighted by atomic mass is 10.1. The molecule has 3 aromatic rings. The van der Waals surface area contributed by atoms with Crippen LogP contribution in [0.15, 0.2) is 34.8 Å². The molecule has 0 bridgehead atoms. The number of nitrogens with one attached hydrogen (secondary N) is 4. The van der Waals surface area contributed by atoms with E-state index in [9.17, 15) is 14.0 Å². The van der Waals surface area contributed by atoms with Gasteiger partial charge in [-0.05, 0) is 55.0 Å². The van der Waals surface area contributed by atoms with Crippen LogP contribution in [0.5, 0.6) is 0 Å². The number of anilines is 1. The topological polar surface area (TPSA) is 89.8 Å². The van der Waals surface area contributed by atoms with E-state index in [1.807, 2.05) is 13.0 Å². The van der Waals surface area contributed by atoms with Crippen molar-refractivity contribution >= 4 is 56.7 Å². The number of rotatable bonds is 4. The Balaban J connectivity index is 1.71. The molecular weight excluding hydrogens is 423 g/mol. The predicted octanol–water partition coefficient (Wildman–Crippen LogP) is 3.80. The lowest BCUT2D eigenvalue weighted by Crippen LogP contribution is -2.33. The van der Waals surface area contributed by atoms with E-state index in [2.05, 4.69) is 36.5 Å². The van der Waals surface area contributed by atoms with E-state index in [1.165, 1.54) is 6.07 Å². The highest BCUT2D eigenvalue weighted by atomic mass is 79.9. The Morgan fingerprint density at radius 2 is 2.00 bits per heavy atom. The number of aromatic nitrogens is 2. The average molecular weight is 437 g/mol. The third-order valence-electron chi connectivity index (χ3n) is 3.71. The van der Waals surface area contributed by atoms with E-state index in [1.54, 1.807) is 12.1 Å². The molecular formula is C17H14BrFN4O2S. The molecule has 0 saturated carbocycles. The van der Waals surface area contributed by atoms with Crippen LogP contribution in [-0.2, 0) is 4.79 Å². The van der Waals surface area contributed by atoms with Gasteiger partial charge in [-0.25, -0.2) is 4.39 Å². The molecule has 3 rings (SSSR count). The number of benzene rings is 2. The van der Waals surface area contributed by atoms with Gasteiger partial charge in [0, 0.05) is 10.2 Å². The first-order valence-corrected chi connectivity index (χ1v) is 8.79. The van der Waals surface area contributed by atoms with E-state index in [0.29, 0.717) is 16.7 Å². The zero-order valence-corrected chi connectivity index (χ0v) is 16.0. The Morgan fingerprint density at radius 3 is 2.73 bits per heavy atom. The zero-order valence-electron chi connectivity index (χ0n) is 13.6. The molecule has 2 amide bonds. The fourth-order valence-corrected chi connectivity index (χ4v) is 3.19. The summed E-state index contributed by atoms with van der Waals surface area (Å²) in [6.45, 7) is 1.61. The minimum absolute atomic E-state index is 0.0694. The van der Waals surface area contributed by atoms with Crippen molar-refractivity contribution < 1.29 is 14.0 Å². The highest BCUT2D eigenvalue weighted by Crippen LogP contribution is 2.20. The lowest BCUT2D eigenvalue weighted by molar-refractivity contribution is -0.115. The molecule has 0 aliphatic heterocycles. The van der Waals surface area contributed by atoms with Gasteiger partial charge >= 0.3 is 0 Å². The van der Waals surface area contributed by atoms with Crippen molar-refractivity contribution in [1.82, 2.24) is 15.3 Å². The normalized spacial score (nSPS) is 10.7. The Labute approximate surface area is 161 Å². The monoisotopic (exact) mass is 436 g/mol. The molecule has 0 radical (unpaired) electrons. The maximum Gasteiger partial charge on any atom is 0.254 e. The standard InChI is InChI=1S/C17H14BrFN4O2S/c1-8-4-9(18)2-3-12(8)21-14(24)7-20-16(25)11-5-10(19)6-13-15(11)23-17(26)22-13/h2-6H,7H2,1H3,(H,20,25)(H,21,24)(H2,22,23,26). The molecule has 134 valence electrons. The first-order valence-electron chi connectivity index (χ1n) is 7.59. The molecule has 4 N–H and O–H groups in total. The number of aryl methyl sites for hydroxylation is 1. The van der Waals surface area contributed by atoms with Crippen LogP contribution in [-0.4, -0.2) is 28.3 Å². The Bertz CT molecular complexity index is 1080. The maximum absolute atomic E-state index is 13.7. The minimum Gasteiger partial charge on any atom is -0.343 e. The third-order valence-corrected chi connectivity index (χ3v) is 4.40. The smallest absolute Gasteiger partial charge is 0.254 e. The van der Waals surface area contributed by atoms with Gasteiger partial charge in [-0.3, -0.25) is 9.59 Å². The van der Waals surface area contributed by atoms with Crippen molar-refractivity contribution in [2.24, 2.45) is 0 Å². The number of H-pyrrole nitrogens is 2. The molecule has 0 fully saturated rings. The number of fused-ring (bicyclic) bond motifs is 1. The van der Waals surface area contributed by atoms with Crippen LogP contribution >= 0.6 is 28.1 Å². The summed E-state index contributed by atoms with van der Waals surface area (Å²) >= 11 is 8.32. The van der Waals surface area contributed by atoms with Crippen molar-refractivity contribution in [3.63, 3.8) is 0 Å². The molecule has 26 heavy (non-hydrogen) atoms. The second-order valence-electron chi connectivity index (χ2n) is 5.65. The molecule has 0 aliphatic carbocycles. The second kappa shape index (κ2) is 7.38. The van der Waals surface area contributed by atoms with Crippen LogP contribution in [0.1, 0.15) is 15.9 Å². The molecule has 0 saturated heterocycles. The van der Waals surface area contributed by atoms with Crippen LogP contribution in [0.4, 0.5) is 10.1 Å². The van der Waals surface area contributed by atoms with Crippen LogP contribution in [0.3, 0.4) is 0 Å². The van der Waals surface area contributed by atoms with Crippen molar-refractivity contribution in [1.29, 1.82) is 0 Å². The van der Waals surface area contributed by atoms with Crippen molar-refractivity contribution in [3.8, 4) is 0 Å². The van der Waals surface area contributed by atoms with Gasteiger partial charge in [0.2, 0.25) is 5.91 Å². The molecule has 1 aromatic heterocycles. The molecule has 0 unspecified atom stereocenters. The number of hydrogen-bond acceptors (Lipinski definition) is 3. The van der Waals surface area contributed by atoms with E-state index >= 15 is 0 Å². The summed E-state index contributed by atoms with van der Waals surface area (Å²) in [5.74, 6) is -1.55. The number of hydrogen-bond donors (Lipinski definition) is 4. The molecule has 0 aliphatic rings. The summed E-state index contributed by atoms with van der Waals surface area (Å²) in [5, 5.41) is 5.20. The SMILES string of the molecule is Cc1cc(Br)ccc1NC(=O)CNC(=O)c1cc(F)cc2[nH]c(=S)[nH]c12. The number of carbonyl (C=O) groups excluding carboxylic acids is 2. The molecule has 0 atom stereocenters. The number of halogens is 2. The zero-order chi connectivity index (χ0) is 18.8. The quantitative estimate of drug-likeness (QED) is 0.468. The summed E-state index contributed by atoms with van der Waals surface area (Å²) in [4.78, 5) is 30.0. The van der Waals surface area contributed by atoms with E-state index in [-0.39, 0.29) is 16.9 Å². The van der Waals surface area contributed by atoms with Crippen LogP contribution < -0.4 is 10.6 Å². The van der Waals surface area contributed by atoms with Crippen molar-refractivity contribution in [2.45, 2.75) is 6.92 Å². The fraction of sp³-hybridized carbons (Fsp3) is 0.118. The summed E-state index contributed by atoms with van der Waals surface area (Å²) in [6.07, 6.45) is 0. The van der Waals surface area contributed by atoms with Gasteiger partial charge < -0.3 is 20.6 Å². The summed E-state index contributed by atoms with van der Waals surface area (Å²) in [5.41, 5.74) is 2.37. The molecule has 0 spiro atoms. The lowest BCUT2D eigenvalue weighted by Gasteiger charge is -2.10. The largest absolute Gasteiger partial charge is 0.343 e. The van der Waals surface area contributed by atoms with E-state index < -0.39 is 17.6 Å². The molecule has 2 aromatic carbocycles. The highest BCUT2D eigenvalue weighted by molar-refractivity contribution is 9.10. The Morgan fingerprint density at radius 1 is 1.23 bits per heavy atom. The van der Waals surface area contributed by atoms with Gasteiger partial charge in [-0.2, -0.15) is 0 Å². The number of carbonyl (C=O) groups is 2. The number of amides is 2. The summed E-state index contributed by atoms with van der Waals surface area (Å²) in [6, 6.07) is 7.76. The molecule has 6 nitrogen and oxygen atoms in total. The van der Waals surface area contributed by atoms with Gasteiger partial charge in [0.25, 0.3) is 5.91 Å². The van der Waals surface area contributed by atoms with Gasteiger partial charge in [-0.1, -0.05) is 15.9 Å². The number of imidazole rings is 1. The maximum atomic E-state index is 13.7. The summed E-state index contributed by atoms with van der Waals surface area (Å²) < 4.78 is 14.9. The second-order valence-corrected chi connectivity index (χ2v) is 6.97. The van der Waals surface area contributed by atoms with Crippen LogP contribution in [0, 0.1) is 17.5 Å². The summed E-state index contributed by atoms with van der Waals surface area (Å²) in [7, 11) is 0. The van der Waals surface area contributed by atoms with Crippen LogP contribution in [0.2, 0.25) is 0 Å². The fourth-order valence-electron chi connectivity index (χ4n) is 2.50. The van der Waals surface area contributed by atoms with E-state index in [0.717, 1.165) is 16.1 Å². The van der Waals surface area contributed by atoms with Crippen LogP contribution in [0.25, 0.3) is 11.0 Å². The van der Waals surface area contributed by atoms with E-state index in [4.69, 9.17) is 12.2 Å². The predicted molar refractivity (Wildman–Crippen MR) is 103 cm³/mol. The number of aromatic amines is 2. The Hall–Kier alpha value is -2.52. The Kier molecular flexibility index (Phi) is 5.19. The highest BCUT2D eigenvalue weighted by Gasteiger charge is 2.15. The van der Waals surface area contributed by atoms with Crippen molar-refractivity contribution in [2.75, 3.05) is 11.9 Å². The third kappa shape index (κ3) is 4.00. The van der Waals surface area contributed by atoms with Gasteiger partial charge in [-0.15, -0.1) is 0 Å². The van der Waals surface area contributed by atoms with Gasteiger partial charge in [0.1, 0.15) is 5.82 Å². The van der Waals surface area contributed by atoms with Gasteiger partial charge in [0.15, 0.2) is 4.77 Å². The molecule has 9 heteroatoms. The minimum atomic E-state index is -0.581. The molecule has 1 heterocycles. The van der Waals surface area contributed by atoms with Gasteiger partial charge in [0.05, 0.1) is 23.1 Å². The first-order chi connectivity index (χ1) is 12.3.